The fourth-order valence-electron chi connectivity index (χ4n) is 5.02. The van der Waals surface area contributed by atoms with E-state index in [1.165, 1.54) is 4.90 Å². The predicted octanol–water partition coefficient (Wildman–Crippen LogP) is 3.08. The lowest BCUT2D eigenvalue weighted by Gasteiger charge is -2.28. The Kier molecular flexibility index (Phi) is 5.03. The molecule has 35 heavy (non-hydrogen) atoms. The van der Waals surface area contributed by atoms with E-state index < -0.39 is 11.6 Å². The average molecular weight is 479 g/mol. The molecule has 5 heterocycles. The van der Waals surface area contributed by atoms with Crippen LogP contribution in [0.15, 0.2) is 53.5 Å². The third kappa shape index (κ3) is 3.81. The monoisotopic (exact) mass is 478 g/mol. The van der Waals surface area contributed by atoms with Gasteiger partial charge in [-0.05, 0) is 36.6 Å². The molecule has 1 aromatic carbocycles. The van der Waals surface area contributed by atoms with Crippen LogP contribution in [-0.2, 0) is 6.54 Å². The van der Waals surface area contributed by atoms with Gasteiger partial charge in [0.25, 0.3) is 0 Å². The van der Waals surface area contributed by atoms with E-state index in [9.17, 15) is 13.6 Å². The molecule has 6 rings (SSSR count). The summed E-state index contributed by atoms with van der Waals surface area (Å²) in [6, 6.07) is 7.79. The Bertz CT molecular complexity index is 1370. The van der Waals surface area contributed by atoms with E-state index in [4.69, 9.17) is 4.99 Å². The zero-order valence-corrected chi connectivity index (χ0v) is 19.3. The van der Waals surface area contributed by atoms with E-state index in [1.807, 2.05) is 24.4 Å². The number of anilines is 1. The fourth-order valence-corrected chi connectivity index (χ4v) is 5.02. The van der Waals surface area contributed by atoms with E-state index in [1.54, 1.807) is 22.5 Å². The van der Waals surface area contributed by atoms with Crippen molar-refractivity contribution in [2.75, 3.05) is 24.7 Å². The molecule has 0 saturated carbocycles. The quantitative estimate of drug-likeness (QED) is 0.624. The van der Waals surface area contributed by atoms with Gasteiger partial charge in [0.15, 0.2) is 28.9 Å². The van der Waals surface area contributed by atoms with Crippen LogP contribution < -0.4 is 10.2 Å². The molecule has 3 aromatic rings. The van der Waals surface area contributed by atoms with E-state index in [0.29, 0.717) is 29.5 Å². The minimum atomic E-state index is -0.928. The minimum absolute atomic E-state index is 0.0399. The number of likely N-dealkylation sites (tertiary alicyclic amines) is 1. The Morgan fingerprint density at radius 2 is 2.00 bits per heavy atom. The van der Waals surface area contributed by atoms with Gasteiger partial charge in [-0.2, -0.15) is 0 Å². The summed E-state index contributed by atoms with van der Waals surface area (Å²) in [4.78, 5) is 27.7. The number of halogens is 2. The third-order valence-electron chi connectivity index (χ3n) is 6.79. The summed E-state index contributed by atoms with van der Waals surface area (Å²) >= 11 is 0. The normalized spacial score (nSPS) is 22.5. The van der Waals surface area contributed by atoms with Crippen molar-refractivity contribution < 1.29 is 13.6 Å². The third-order valence-corrected chi connectivity index (χ3v) is 6.79. The summed E-state index contributed by atoms with van der Waals surface area (Å²) in [5, 5.41) is 7.49. The number of aliphatic imine (C=N–C) groups is 1. The number of amides is 2. The summed E-state index contributed by atoms with van der Waals surface area (Å²) in [6.45, 7) is 6.18. The van der Waals surface area contributed by atoms with Crippen molar-refractivity contribution in [3.05, 3.63) is 71.6 Å². The second-order valence-electron chi connectivity index (χ2n) is 9.32. The lowest BCUT2D eigenvalue weighted by atomic mass is 9.96. The highest BCUT2D eigenvalue weighted by Crippen LogP contribution is 2.32. The van der Waals surface area contributed by atoms with Crippen molar-refractivity contribution in [2.24, 2.45) is 16.8 Å². The first-order chi connectivity index (χ1) is 16.9. The number of nitrogens with one attached hydrogen (secondary N) is 1. The van der Waals surface area contributed by atoms with Crippen LogP contribution in [0, 0.1) is 30.4 Å². The smallest absolute Gasteiger partial charge is 0.325 e. The first kappa shape index (κ1) is 21.7. The molecule has 3 aliphatic rings. The summed E-state index contributed by atoms with van der Waals surface area (Å²) in [5.41, 5.74) is 1.88. The van der Waals surface area contributed by atoms with Gasteiger partial charge in [-0.25, -0.2) is 28.1 Å². The highest BCUT2D eigenvalue weighted by atomic mass is 19.2. The van der Waals surface area contributed by atoms with Gasteiger partial charge in [-0.1, -0.05) is 13.0 Å². The summed E-state index contributed by atoms with van der Waals surface area (Å²) in [6.07, 6.45) is 3.58. The molecule has 9 nitrogen and oxygen atoms in total. The summed E-state index contributed by atoms with van der Waals surface area (Å²) in [7, 11) is 0. The molecule has 1 fully saturated rings. The lowest BCUT2D eigenvalue weighted by Crippen LogP contribution is -2.49. The Morgan fingerprint density at radius 3 is 2.83 bits per heavy atom. The number of hydrogen-bond acceptors (Lipinski definition) is 6. The molecule has 1 N–H and O–H groups in total. The van der Waals surface area contributed by atoms with E-state index in [2.05, 4.69) is 27.2 Å². The van der Waals surface area contributed by atoms with Crippen molar-refractivity contribution in [3.8, 4) is 0 Å². The number of urea groups is 1. The Labute approximate surface area is 200 Å². The predicted molar refractivity (Wildman–Crippen MR) is 125 cm³/mol. The molecule has 1 saturated heterocycles. The molecular formula is C24H24F2N8O. The molecular weight excluding hydrogens is 454 g/mol. The minimum Gasteiger partial charge on any atom is -0.325 e. The van der Waals surface area contributed by atoms with Crippen LogP contribution in [0.2, 0.25) is 0 Å². The Hall–Kier alpha value is -3.86. The molecule has 3 aliphatic heterocycles. The highest BCUT2D eigenvalue weighted by molar-refractivity contribution is 6.02. The van der Waals surface area contributed by atoms with Crippen molar-refractivity contribution in [1.29, 1.82) is 0 Å². The SMILES string of the molecule is Cc1cc(F)c(F)cc1N1C=C2N=C(C3CN(Cc4nc5ccccn5n4)CC3C)NC(=O)N2C1. The Balaban J connectivity index is 1.21. The number of benzene rings is 1. The summed E-state index contributed by atoms with van der Waals surface area (Å²) < 4.78 is 29.2. The van der Waals surface area contributed by atoms with Gasteiger partial charge < -0.3 is 4.90 Å². The van der Waals surface area contributed by atoms with E-state index in [0.717, 1.165) is 36.7 Å². The standard InChI is InChI=1S/C24H24F2N8O/c1-14-7-17(25)18(26)8-19(14)32-12-22-28-23(29-24(35)33(22)13-32)16-10-31(9-15(16)2)11-20-27-21-5-3-4-6-34(21)30-20/h3-8,12,15-16H,9-11,13H2,1-2H3,(H,28,29,35). The van der Waals surface area contributed by atoms with Gasteiger partial charge in [0.2, 0.25) is 0 Å². The molecule has 2 atom stereocenters. The van der Waals surface area contributed by atoms with E-state index in [-0.39, 0.29) is 24.5 Å². The number of fused-ring (bicyclic) bond motifs is 2. The first-order valence-corrected chi connectivity index (χ1v) is 11.5. The number of carbonyl (C=O) groups excluding carboxylic acids is 1. The van der Waals surface area contributed by atoms with Crippen molar-refractivity contribution in [3.63, 3.8) is 0 Å². The van der Waals surface area contributed by atoms with Gasteiger partial charge >= 0.3 is 6.03 Å². The van der Waals surface area contributed by atoms with Crippen LogP contribution in [0.25, 0.3) is 5.65 Å². The highest BCUT2D eigenvalue weighted by Gasteiger charge is 2.39. The van der Waals surface area contributed by atoms with Crippen LogP contribution in [-0.4, -0.2) is 56.0 Å². The number of pyridine rings is 1. The second-order valence-corrected chi connectivity index (χ2v) is 9.32. The topological polar surface area (TPSA) is 81.4 Å². The molecule has 0 bridgehead atoms. The second kappa shape index (κ2) is 8.12. The van der Waals surface area contributed by atoms with Gasteiger partial charge in [-0.3, -0.25) is 15.1 Å². The number of amidine groups is 1. The first-order valence-electron chi connectivity index (χ1n) is 11.5. The molecule has 11 heteroatoms. The largest absolute Gasteiger partial charge is 0.329 e. The van der Waals surface area contributed by atoms with Crippen molar-refractivity contribution in [2.45, 2.75) is 20.4 Å². The molecule has 2 aromatic heterocycles. The van der Waals surface area contributed by atoms with Crippen LogP contribution in [0.4, 0.5) is 19.3 Å². The van der Waals surface area contributed by atoms with Gasteiger partial charge in [0.1, 0.15) is 12.5 Å². The Morgan fingerprint density at radius 1 is 1.17 bits per heavy atom. The van der Waals surface area contributed by atoms with Gasteiger partial charge in [0, 0.05) is 43.2 Å². The number of hydrogen-bond donors (Lipinski definition) is 1. The van der Waals surface area contributed by atoms with E-state index >= 15 is 0 Å². The fraction of sp³-hybridized carbons (Fsp3) is 0.333. The molecule has 2 amide bonds. The lowest BCUT2D eigenvalue weighted by molar-refractivity contribution is 0.216. The zero-order valence-electron chi connectivity index (χ0n) is 19.3. The maximum Gasteiger partial charge on any atom is 0.329 e. The van der Waals surface area contributed by atoms with Gasteiger partial charge in [0.05, 0.1) is 6.54 Å². The molecule has 180 valence electrons. The van der Waals surface area contributed by atoms with Crippen LogP contribution >= 0.6 is 0 Å². The average Bonchev–Trinajstić information content (AvgIpc) is 3.52. The van der Waals surface area contributed by atoms with Crippen molar-refractivity contribution in [1.82, 2.24) is 29.7 Å². The van der Waals surface area contributed by atoms with Crippen LogP contribution in [0.3, 0.4) is 0 Å². The molecule has 0 radical (unpaired) electrons. The maximum absolute atomic E-state index is 13.9. The summed E-state index contributed by atoms with van der Waals surface area (Å²) in [5.74, 6) is 0.345. The molecule has 0 aliphatic carbocycles. The number of carbonyl (C=O) groups is 1. The number of aryl methyl sites for hydroxylation is 1. The number of rotatable bonds is 4. The number of nitrogens with zero attached hydrogens (tertiary/aromatic N) is 7. The van der Waals surface area contributed by atoms with Crippen LogP contribution in [0.1, 0.15) is 18.3 Å². The molecule has 2 unspecified atom stereocenters. The zero-order chi connectivity index (χ0) is 24.3. The van der Waals surface area contributed by atoms with Crippen molar-refractivity contribution >= 4 is 23.2 Å². The number of aromatic nitrogens is 3. The maximum atomic E-state index is 13.9. The van der Waals surface area contributed by atoms with Gasteiger partial charge in [-0.15, -0.1) is 5.10 Å². The van der Waals surface area contributed by atoms with Crippen LogP contribution in [0.5, 0.6) is 0 Å². The molecule has 0 spiro atoms.